The van der Waals surface area contributed by atoms with E-state index in [0.29, 0.717) is 17.5 Å². The Balaban J connectivity index is 2.24. The predicted molar refractivity (Wildman–Crippen MR) is 265 cm³/mol. The van der Waals surface area contributed by atoms with Crippen molar-refractivity contribution in [2.75, 3.05) is 35.2 Å². The predicted octanol–water partition coefficient (Wildman–Crippen LogP) is 3.13. The summed E-state index contributed by atoms with van der Waals surface area (Å²) in [5.41, 5.74) is 1.03. The number of rotatable bonds is 13. The van der Waals surface area contributed by atoms with Crippen LogP contribution in [0.25, 0.3) is 0 Å². The molecule has 3 N–H and O–H groups in total. The van der Waals surface area contributed by atoms with Crippen molar-refractivity contribution >= 4 is 53.2 Å². The first kappa shape index (κ1) is 58.0. The van der Waals surface area contributed by atoms with Crippen LogP contribution < -0.4 is 16.0 Å². The van der Waals surface area contributed by atoms with Gasteiger partial charge in [0.2, 0.25) is 41.4 Å². The summed E-state index contributed by atoms with van der Waals surface area (Å²) in [6.45, 7) is 18.4. The molecule has 0 aliphatic carbocycles. The molecule has 1 aliphatic rings. The van der Waals surface area contributed by atoms with E-state index in [4.69, 9.17) is 4.74 Å². The summed E-state index contributed by atoms with van der Waals surface area (Å²) >= 11 is 0. The maximum atomic E-state index is 15.2. The van der Waals surface area contributed by atoms with Crippen molar-refractivity contribution in [1.29, 1.82) is 0 Å². The summed E-state index contributed by atoms with van der Waals surface area (Å²) in [6, 6.07) is 7.47. The first-order valence-corrected chi connectivity index (χ1v) is 24.2. The van der Waals surface area contributed by atoms with Crippen LogP contribution in [-0.2, 0) is 49.5 Å². The van der Waals surface area contributed by atoms with Gasteiger partial charge in [-0.1, -0.05) is 110 Å². The van der Waals surface area contributed by atoms with Gasteiger partial charge in [0.05, 0.1) is 0 Å². The van der Waals surface area contributed by atoms with Gasteiger partial charge in [-0.3, -0.25) is 38.4 Å². The number of esters is 1. The summed E-state index contributed by atoms with van der Waals surface area (Å²) in [5.74, 6) is -8.07. The summed E-state index contributed by atoms with van der Waals surface area (Å²) in [7, 11) is 7.19. The Morgan fingerprint density at radius 1 is 0.657 bits per heavy atom. The van der Waals surface area contributed by atoms with Gasteiger partial charge in [-0.05, 0) is 62.1 Å². The molecule has 0 unspecified atom stereocenters. The molecule has 18 nitrogen and oxygen atoms in total. The fourth-order valence-electron chi connectivity index (χ4n) is 8.52. The third-order valence-electron chi connectivity index (χ3n) is 13.6. The van der Waals surface area contributed by atoms with Gasteiger partial charge in [0.1, 0.15) is 54.4 Å². The van der Waals surface area contributed by atoms with Gasteiger partial charge >= 0.3 is 5.97 Å². The zero-order chi connectivity index (χ0) is 53.1. The first-order chi connectivity index (χ1) is 32.7. The highest BCUT2D eigenvalue weighted by Crippen LogP contribution is 2.23. The topological polar surface area (TPSA) is 215 Å². The van der Waals surface area contributed by atoms with Crippen LogP contribution in [-0.4, -0.2) is 167 Å². The minimum absolute atomic E-state index is 0.0455. The third kappa shape index (κ3) is 13.9. The lowest BCUT2D eigenvalue weighted by molar-refractivity contribution is -0.160. The van der Waals surface area contributed by atoms with Crippen LogP contribution in [0, 0.1) is 23.7 Å². The highest BCUT2D eigenvalue weighted by Gasteiger charge is 2.44. The number of cyclic esters (lactones) is 1. The second kappa shape index (κ2) is 25.5. The molecule has 70 heavy (non-hydrogen) atoms. The molecule has 0 saturated carbocycles. The number of likely N-dealkylation sites (N-methyl/N-ethyl adjacent to an activating group) is 5. The Hall–Kier alpha value is -6.33. The van der Waals surface area contributed by atoms with Crippen molar-refractivity contribution in [3.8, 4) is 0 Å². The standard InChI is InChI=1S/C52H78N8O10/c1-17-32(8)43(60(16)51(68)42(31(6)7)59(15)48(65)37-26-22-19-23-27-37)46(63)55-41-35(11)70-52(69)40(30(4)5)54-44(61)33(9)56(12)47(64)34(10)57(13)49(66)39(29(2)3)53-45(62)38(58(14)50(41)67)28-36-24-20-18-21-25-36/h18-27,29-35,38-43H,17,28H2,1-16H3,(H,53,62)(H,54,61)(H,55,63)/t32-,33-,34-,35+,38-,39-,40-,41-,42-,43-/m0/s1. The van der Waals surface area contributed by atoms with E-state index in [1.165, 1.54) is 75.6 Å². The van der Waals surface area contributed by atoms with Gasteiger partial charge < -0.3 is 45.2 Å². The van der Waals surface area contributed by atoms with E-state index in [2.05, 4.69) is 16.0 Å². The minimum Gasteiger partial charge on any atom is -0.458 e. The van der Waals surface area contributed by atoms with Gasteiger partial charge in [-0.15, -0.1) is 0 Å². The van der Waals surface area contributed by atoms with Crippen molar-refractivity contribution in [1.82, 2.24) is 40.4 Å². The maximum Gasteiger partial charge on any atom is 0.329 e. The molecule has 1 saturated heterocycles. The molecule has 2 aromatic carbocycles. The molecular weight excluding hydrogens is 897 g/mol. The van der Waals surface area contributed by atoms with Gasteiger partial charge in [-0.25, -0.2) is 4.79 Å². The monoisotopic (exact) mass is 975 g/mol. The maximum absolute atomic E-state index is 15.2. The Bertz CT molecular complexity index is 2170. The van der Waals surface area contributed by atoms with Crippen molar-refractivity contribution in [3.63, 3.8) is 0 Å². The Labute approximate surface area is 414 Å². The number of hydrogen-bond acceptors (Lipinski definition) is 10. The number of hydrogen-bond donors (Lipinski definition) is 3. The average molecular weight is 975 g/mol. The van der Waals surface area contributed by atoms with Gasteiger partial charge in [0.25, 0.3) is 5.91 Å². The van der Waals surface area contributed by atoms with Gasteiger partial charge in [-0.2, -0.15) is 0 Å². The van der Waals surface area contributed by atoms with Crippen LogP contribution >= 0.6 is 0 Å². The highest BCUT2D eigenvalue weighted by atomic mass is 16.5. The SMILES string of the molecule is CC[C@H](C)[C@@H](C(=O)N[C@@H]1C(=O)N(C)[C@@H](Cc2ccccc2)C(=O)N[C@@H](C(C)C)C(=O)N(C)[C@@H](C)C(=O)N(C)[C@@H](C)C(=O)N[C@@H](C(C)C)C(=O)O[C@@H]1C)N(C)C(=O)[C@H](C(C)C)N(C)C(=O)c1ccccc1. The normalized spacial score (nSPS) is 23.9. The number of carbonyl (C=O) groups excluding carboxylic acids is 9. The number of amides is 8. The zero-order valence-electron chi connectivity index (χ0n) is 44.0. The van der Waals surface area contributed by atoms with Crippen molar-refractivity contribution in [3.05, 3.63) is 71.8 Å². The van der Waals surface area contributed by atoms with E-state index in [1.54, 1.807) is 109 Å². The number of ether oxygens (including phenoxy) is 1. The summed E-state index contributed by atoms with van der Waals surface area (Å²) in [4.78, 5) is 135. The molecule has 1 heterocycles. The fourth-order valence-corrected chi connectivity index (χ4v) is 8.52. The highest BCUT2D eigenvalue weighted by molar-refractivity contribution is 6.00. The molecule has 0 radical (unpaired) electrons. The van der Waals surface area contributed by atoms with E-state index in [-0.39, 0.29) is 6.42 Å². The molecule has 1 fully saturated rings. The smallest absolute Gasteiger partial charge is 0.329 e. The summed E-state index contributed by atoms with van der Waals surface area (Å²) < 4.78 is 6.00. The minimum atomic E-state index is -1.69. The molecule has 386 valence electrons. The number of benzene rings is 2. The Morgan fingerprint density at radius 2 is 1.17 bits per heavy atom. The molecule has 8 amide bonds. The number of carbonyl (C=O) groups is 9. The van der Waals surface area contributed by atoms with Gasteiger partial charge in [0.15, 0.2) is 0 Å². The van der Waals surface area contributed by atoms with Crippen LogP contribution in [0.4, 0.5) is 0 Å². The van der Waals surface area contributed by atoms with Crippen LogP contribution in [0.1, 0.15) is 98.5 Å². The van der Waals surface area contributed by atoms with Crippen molar-refractivity contribution < 1.29 is 47.9 Å². The van der Waals surface area contributed by atoms with E-state index in [0.717, 1.165) is 4.90 Å². The lowest BCUT2D eigenvalue weighted by atomic mass is 9.93. The fraction of sp³-hybridized carbons (Fsp3) is 0.596. The van der Waals surface area contributed by atoms with Crippen molar-refractivity contribution in [2.45, 2.75) is 143 Å². The lowest BCUT2D eigenvalue weighted by Crippen LogP contribution is -2.64. The molecule has 0 bridgehead atoms. The lowest BCUT2D eigenvalue weighted by Gasteiger charge is -2.39. The molecular formula is C52H78N8O10. The van der Waals surface area contributed by atoms with E-state index in [9.17, 15) is 38.4 Å². The Morgan fingerprint density at radius 3 is 1.69 bits per heavy atom. The molecule has 10 atom stereocenters. The van der Waals surface area contributed by atoms with Gasteiger partial charge in [0, 0.05) is 47.2 Å². The average Bonchev–Trinajstić information content (AvgIpc) is 3.33. The first-order valence-electron chi connectivity index (χ1n) is 24.2. The quantitative estimate of drug-likeness (QED) is 0.250. The molecule has 18 heteroatoms. The second-order valence-corrected chi connectivity index (χ2v) is 19.7. The van der Waals surface area contributed by atoms with E-state index >= 15 is 4.79 Å². The van der Waals surface area contributed by atoms with E-state index < -0.39 is 131 Å². The molecule has 0 aromatic heterocycles. The van der Waals surface area contributed by atoms with Crippen LogP contribution in [0.2, 0.25) is 0 Å². The molecule has 1 aliphatic heterocycles. The number of nitrogens with zero attached hydrogens (tertiary/aromatic N) is 5. The Kier molecular flexibility index (Phi) is 21.1. The van der Waals surface area contributed by atoms with E-state index in [1.807, 2.05) is 6.92 Å². The second-order valence-electron chi connectivity index (χ2n) is 19.7. The summed E-state index contributed by atoms with van der Waals surface area (Å²) in [6.07, 6.45) is -1.09. The zero-order valence-corrected chi connectivity index (χ0v) is 44.0. The van der Waals surface area contributed by atoms with Crippen LogP contribution in [0.3, 0.4) is 0 Å². The molecule has 0 spiro atoms. The van der Waals surface area contributed by atoms with Crippen LogP contribution in [0.5, 0.6) is 0 Å². The third-order valence-corrected chi connectivity index (χ3v) is 13.6. The van der Waals surface area contributed by atoms with Crippen LogP contribution in [0.15, 0.2) is 60.7 Å². The summed E-state index contributed by atoms with van der Waals surface area (Å²) in [5, 5.41) is 8.34. The van der Waals surface area contributed by atoms with Crippen molar-refractivity contribution in [2.24, 2.45) is 23.7 Å². The molecule has 3 rings (SSSR count). The molecule has 2 aromatic rings. The number of nitrogens with one attached hydrogen (secondary N) is 3. The largest absolute Gasteiger partial charge is 0.458 e.